The monoisotopic (exact) mass is 324 g/mol. The summed E-state index contributed by atoms with van der Waals surface area (Å²) in [5.74, 6) is 0.0922. The highest BCUT2D eigenvalue weighted by atomic mass is 35.5. The lowest BCUT2D eigenvalue weighted by atomic mass is 9.74. The molecule has 1 saturated carbocycles. The molecule has 3 nitrogen and oxygen atoms in total. The van der Waals surface area contributed by atoms with E-state index < -0.39 is 0 Å². The zero-order chi connectivity index (χ0) is 15.5. The summed E-state index contributed by atoms with van der Waals surface area (Å²) in [6.07, 6.45) is 4.99. The second-order valence-corrected chi connectivity index (χ2v) is 6.84. The minimum Gasteiger partial charge on any atom is -0.355 e. The van der Waals surface area contributed by atoms with Gasteiger partial charge in [-0.2, -0.15) is 0 Å². The Bertz CT molecular complexity index is 494. The number of aryl methyl sites for hydroxylation is 2. The fraction of sp³-hybridized carbons (Fsp3) is 0.611. The Hall–Kier alpha value is -1.06. The molecule has 1 aliphatic rings. The van der Waals surface area contributed by atoms with Crippen LogP contribution in [0.4, 0.5) is 0 Å². The van der Waals surface area contributed by atoms with E-state index in [9.17, 15) is 4.79 Å². The number of halogens is 1. The molecule has 0 aliphatic heterocycles. The lowest BCUT2D eigenvalue weighted by molar-refractivity contribution is -0.128. The smallest absolute Gasteiger partial charge is 0.224 e. The first-order valence-electron chi connectivity index (χ1n) is 8.02. The van der Waals surface area contributed by atoms with E-state index >= 15 is 0 Å². The number of nitrogens with two attached hydrogens (primary N) is 1. The van der Waals surface area contributed by atoms with Gasteiger partial charge >= 0.3 is 0 Å². The van der Waals surface area contributed by atoms with Crippen molar-refractivity contribution in [2.45, 2.75) is 58.4 Å². The molecule has 0 radical (unpaired) electrons. The summed E-state index contributed by atoms with van der Waals surface area (Å²) < 4.78 is 0. The predicted octanol–water partition coefficient (Wildman–Crippen LogP) is 3.29. The summed E-state index contributed by atoms with van der Waals surface area (Å²) >= 11 is 0. The maximum atomic E-state index is 12.3. The molecule has 0 bridgehead atoms. The predicted molar refractivity (Wildman–Crippen MR) is 94.4 cm³/mol. The number of carbonyl (C=O) groups is 1. The Labute approximate surface area is 140 Å². The van der Waals surface area contributed by atoms with Crippen molar-refractivity contribution in [1.82, 2.24) is 5.32 Å². The van der Waals surface area contributed by atoms with Gasteiger partial charge in [-0.3, -0.25) is 4.79 Å². The molecule has 0 spiro atoms. The zero-order valence-electron chi connectivity index (χ0n) is 13.9. The third-order valence-corrected chi connectivity index (χ3v) is 4.57. The SMILES string of the molecule is Cc1cc(C)cc(CCNC(=O)C2CCCCC2(C)N)c1.Cl. The van der Waals surface area contributed by atoms with Crippen LogP contribution in [-0.2, 0) is 11.2 Å². The van der Waals surface area contributed by atoms with Gasteiger partial charge in [-0.25, -0.2) is 0 Å². The molecule has 1 aromatic rings. The molecular formula is C18H29ClN2O. The average Bonchev–Trinajstić information content (AvgIpc) is 2.36. The summed E-state index contributed by atoms with van der Waals surface area (Å²) in [6.45, 7) is 6.92. The molecule has 2 atom stereocenters. The molecule has 2 rings (SSSR count). The number of benzene rings is 1. The van der Waals surface area contributed by atoms with Crippen molar-refractivity contribution in [1.29, 1.82) is 0 Å². The fourth-order valence-corrected chi connectivity index (χ4v) is 3.46. The highest BCUT2D eigenvalue weighted by Gasteiger charge is 2.37. The molecule has 4 heteroatoms. The fourth-order valence-electron chi connectivity index (χ4n) is 3.46. The minimum atomic E-state index is -0.345. The van der Waals surface area contributed by atoms with E-state index in [2.05, 4.69) is 37.4 Å². The van der Waals surface area contributed by atoms with E-state index in [0.717, 1.165) is 32.1 Å². The van der Waals surface area contributed by atoms with Crippen LogP contribution in [-0.4, -0.2) is 18.0 Å². The first-order chi connectivity index (χ1) is 9.88. The average molecular weight is 325 g/mol. The second kappa shape index (κ2) is 7.98. The molecule has 1 fully saturated rings. The number of nitrogens with one attached hydrogen (secondary N) is 1. The van der Waals surface area contributed by atoms with Crippen molar-refractivity contribution in [2.75, 3.05) is 6.54 Å². The molecule has 1 amide bonds. The Balaban J connectivity index is 0.00000242. The largest absolute Gasteiger partial charge is 0.355 e. The van der Waals surface area contributed by atoms with Gasteiger partial charge in [-0.05, 0) is 45.6 Å². The first-order valence-corrected chi connectivity index (χ1v) is 8.02. The lowest BCUT2D eigenvalue weighted by Gasteiger charge is -2.37. The molecule has 2 unspecified atom stereocenters. The Morgan fingerprint density at radius 2 is 1.91 bits per heavy atom. The number of amides is 1. The number of hydrogen-bond donors (Lipinski definition) is 2. The quantitative estimate of drug-likeness (QED) is 0.893. The van der Waals surface area contributed by atoms with Gasteiger partial charge < -0.3 is 11.1 Å². The van der Waals surface area contributed by atoms with Gasteiger partial charge in [0.25, 0.3) is 0 Å². The van der Waals surface area contributed by atoms with E-state index in [1.54, 1.807) is 0 Å². The van der Waals surface area contributed by atoms with Crippen LogP contribution in [0.3, 0.4) is 0 Å². The standard InChI is InChI=1S/C18H28N2O.ClH/c1-13-10-14(2)12-15(11-13)7-9-20-17(21)16-6-4-5-8-18(16,3)19;/h10-12,16H,4-9,19H2,1-3H3,(H,20,21);1H. The molecule has 22 heavy (non-hydrogen) atoms. The maximum absolute atomic E-state index is 12.3. The summed E-state index contributed by atoms with van der Waals surface area (Å²) in [5, 5.41) is 3.08. The van der Waals surface area contributed by atoms with Crippen molar-refractivity contribution >= 4 is 18.3 Å². The molecule has 0 saturated heterocycles. The van der Waals surface area contributed by atoms with Gasteiger partial charge in [0.1, 0.15) is 0 Å². The van der Waals surface area contributed by atoms with Gasteiger partial charge in [-0.1, -0.05) is 42.2 Å². The highest BCUT2D eigenvalue weighted by molar-refractivity contribution is 5.85. The van der Waals surface area contributed by atoms with Crippen LogP contribution in [0.15, 0.2) is 18.2 Å². The van der Waals surface area contributed by atoms with Crippen molar-refractivity contribution in [3.63, 3.8) is 0 Å². The van der Waals surface area contributed by atoms with Gasteiger partial charge in [0.2, 0.25) is 5.91 Å². The second-order valence-electron chi connectivity index (χ2n) is 6.84. The van der Waals surface area contributed by atoms with Gasteiger partial charge in [-0.15, -0.1) is 12.4 Å². The molecule has 0 heterocycles. The normalized spacial score (nSPS) is 24.5. The lowest BCUT2D eigenvalue weighted by Crippen LogP contribution is -2.53. The summed E-state index contributed by atoms with van der Waals surface area (Å²) in [6, 6.07) is 6.55. The summed E-state index contributed by atoms with van der Waals surface area (Å²) in [7, 11) is 0. The number of rotatable bonds is 4. The van der Waals surface area contributed by atoms with Crippen LogP contribution in [0.25, 0.3) is 0 Å². The molecular weight excluding hydrogens is 296 g/mol. The summed E-state index contributed by atoms with van der Waals surface area (Å²) in [4.78, 5) is 12.3. The first kappa shape index (κ1) is 19.0. The van der Waals surface area contributed by atoms with E-state index in [4.69, 9.17) is 5.73 Å². The number of hydrogen-bond acceptors (Lipinski definition) is 2. The Morgan fingerprint density at radius 3 is 2.50 bits per heavy atom. The topological polar surface area (TPSA) is 55.1 Å². The Kier molecular flexibility index (Phi) is 6.89. The van der Waals surface area contributed by atoms with Crippen LogP contribution in [0, 0.1) is 19.8 Å². The molecule has 1 aliphatic carbocycles. The van der Waals surface area contributed by atoms with Crippen molar-refractivity contribution in [2.24, 2.45) is 11.7 Å². The van der Waals surface area contributed by atoms with Crippen LogP contribution in [0.5, 0.6) is 0 Å². The van der Waals surface area contributed by atoms with Crippen LogP contribution in [0.2, 0.25) is 0 Å². The van der Waals surface area contributed by atoms with Crippen LogP contribution >= 0.6 is 12.4 Å². The van der Waals surface area contributed by atoms with Crippen LogP contribution < -0.4 is 11.1 Å². The van der Waals surface area contributed by atoms with E-state index in [1.807, 2.05) is 6.92 Å². The van der Waals surface area contributed by atoms with Gasteiger partial charge in [0.15, 0.2) is 0 Å². The minimum absolute atomic E-state index is 0. The molecule has 1 aromatic carbocycles. The van der Waals surface area contributed by atoms with Crippen molar-refractivity contribution in [3.8, 4) is 0 Å². The van der Waals surface area contributed by atoms with Gasteiger partial charge in [0, 0.05) is 12.1 Å². The third kappa shape index (κ3) is 4.99. The van der Waals surface area contributed by atoms with E-state index in [-0.39, 0.29) is 29.8 Å². The van der Waals surface area contributed by atoms with Crippen molar-refractivity contribution < 1.29 is 4.79 Å². The van der Waals surface area contributed by atoms with E-state index in [0.29, 0.717) is 6.54 Å². The molecule has 0 aromatic heterocycles. The molecule has 3 N–H and O–H groups in total. The zero-order valence-corrected chi connectivity index (χ0v) is 14.8. The maximum Gasteiger partial charge on any atom is 0.224 e. The van der Waals surface area contributed by atoms with E-state index in [1.165, 1.54) is 16.7 Å². The van der Waals surface area contributed by atoms with Gasteiger partial charge in [0.05, 0.1) is 5.92 Å². The number of carbonyl (C=O) groups excluding carboxylic acids is 1. The van der Waals surface area contributed by atoms with Crippen molar-refractivity contribution in [3.05, 3.63) is 34.9 Å². The van der Waals surface area contributed by atoms with Crippen LogP contribution in [0.1, 0.15) is 49.3 Å². The Morgan fingerprint density at radius 1 is 1.27 bits per heavy atom. The third-order valence-electron chi connectivity index (χ3n) is 4.57. The summed E-state index contributed by atoms with van der Waals surface area (Å²) in [5.41, 5.74) is 9.78. The highest BCUT2D eigenvalue weighted by Crippen LogP contribution is 2.31. The molecule has 124 valence electrons.